The zero-order valence-corrected chi connectivity index (χ0v) is 25.6. The van der Waals surface area contributed by atoms with Crippen molar-refractivity contribution in [1.82, 2.24) is 5.32 Å². The van der Waals surface area contributed by atoms with Crippen LogP contribution in [0.5, 0.6) is 0 Å². The number of carbonyl (C=O) groups is 3. The van der Waals surface area contributed by atoms with Crippen LogP contribution in [-0.4, -0.2) is 42.8 Å². The number of carbonyl (C=O) groups excluding carboxylic acids is 3. The monoisotopic (exact) mass is 630 g/mol. The van der Waals surface area contributed by atoms with E-state index in [2.05, 4.69) is 46.5 Å². The lowest BCUT2D eigenvalue weighted by Gasteiger charge is -2.29. The minimum Gasteiger partial charge on any atom is -0.459 e. The Balaban J connectivity index is 1.53. The largest absolute Gasteiger partial charge is 0.459 e. The maximum Gasteiger partial charge on any atom is 0.408 e. The minimum absolute atomic E-state index is 0.0930. The highest BCUT2D eigenvalue weighted by atomic mass is 79.9. The zero-order chi connectivity index (χ0) is 30.4. The fourth-order valence-corrected chi connectivity index (χ4v) is 5.49. The van der Waals surface area contributed by atoms with Gasteiger partial charge in [0.2, 0.25) is 0 Å². The second-order valence-corrected chi connectivity index (χ2v) is 11.9. The molecule has 0 aliphatic heterocycles. The number of alkyl carbamates (subject to hydrolysis) is 1. The number of nitrogens with zero attached hydrogens (tertiary/aromatic N) is 1. The highest BCUT2D eigenvalue weighted by Gasteiger charge is 2.32. The van der Waals surface area contributed by atoms with Gasteiger partial charge in [0.1, 0.15) is 24.8 Å². The molecule has 42 heavy (non-hydrogen) atoms. The Bertz CT molecular complexity index is 1460. The summed E-state index contributed by atoms with van der Waals surface area (Å²) in [7, 11) is 0. The summed E-state index contributed by atoms with van der Waals surface area (Å²) in [6.07, 6.45) is 2.71. The third-order valence-electron chi connectivity index (χ3n) is 6.79. The molecule has 4 rings (SSSR count). The summed E-state index contributed by atoms with van der Waals surface area (Å²) in [5.74, 6) is -1.28. The lowest BCUT2D eigenvalue weighted by Crippen LogP contribution is -2.50. The number of fused-ring (bicyclic) bond motifs is 3. The van der Waals surface area contributed by atoms with Crippen LogP contribution in [0, 0.1) is 0 Å². The van der Waals surface area contributed by atoms with Crippen LogP contribution >= 0.6 is 15.9 Å². The normalized spacial score (nSPS) is 12.9. The summed E-state index contributed by atoms with van der Waals surface area (Å²) in [5.41, 5.74) is 4.91. The first-order chi connectivity index (χ1) is 20.0. The van der Waals surface area contributed by atoms with Gasteiger partial charge in [-0.05, 0) is 73.2 Å². The van der Waals surface area contributed by atoms with Crippen molar-refractivity contribution in [1.29, 1.82) is 0 Å². The first kappa shape index (κ1) is 30.8. The maximum atomic E-state index is 13.9. The lowest BCUT2D eigenvalue weighted by molar-refractivity contribution is -0.153. The summed E-state index contributed by atoms with van der Waals surface area (Å²) in [4.78, 5) is 41.1. The molecule has 3 aromatic rings. The third-order valence-corrected chi connectivity index (χ3v) is 7.28. The molecule has 1 atom stereocenters. The van der Waals surface area contributed by atoms with Crippen LogP contribution in [0.25, 0.3) is 11.1 Å². The molecule has 0 saturated heterocycles. The number of ether oxygens (including phenoxy) is 2. The smallest absolute Gasteiger partial charge is 0.408 e. The predicted molar refractivity (Wildman–Crippen MR) is 168 cm³/mol. The van der Waals surface area contributed by atoms with E-state index in [0.717, 1.165) is 32.3 Å². The van der Waals surface area contributed by atoms with Gasteiger partial charge in [-0.1, -0.05) is 76.6 Å². The fraction of sp³-hybridized carbons (Fsp3) is 0.265. The van der Waals surface area contributed by atoms with E-state index in [1.165, 1.54) is 11.0 Å². The van der Waals surface area contributed by atoms with Crippen molar-refractivity contribution in [3.8, 4) is 11.1 Å². The van der Waals surface area contributed by atoms with E-state index < -0.39 is 29.6 Å². The molecule has 3 aromatic carbocycles. The van der Waals surface area contributed by atoms with E-state index >= 15 is 0 Å². The van der Waals surface area contributed by atoms with Crippen LogP contribution in [0.3, 0.4) is 0 Å². The fourth-order valence-electron chi connectivity index (χ4n) is 5.08. The number of benzene rings is 3. The van der Waals surface area contributed by atoms with E-state index in [4.69, 9.17) is 9.47 Å². The van der Waals surface area contributed by atoms with E-state index in [1.807, 2.05) is 42.5 Å². The molecule has 1 aliphatic rings. The number of rotatable bonds is 10. The molecular formula is C34H35BrN2O5. The number of anilines is 1. The molecule has 1 N–H and O–H groups in total. The molecule has 0 heterocycles. The second-order valence-electron chi connectivity index (χ2n) is 11.0. The Hall–Kier alpha value is -4.17. The van der Waals surface area contributed by atoms with Gasteiger partial charge in [-0.25, -0.2) is 4.79 Å². The van der Waals surface area contributed by atoms with Gasteiger partial charge in [-0.3, -0.25) is 14.5 Å². The number of allylic oxidation sites excluding steroid dienone is 1. The van der Waals surface area contributed by atoms with Crippen LogP contribution < -0.4 is 10.2 Å². The molecule has 0 fully saturated rings. The van der Waals surface area contributed by atoms with Crippen molar-refractivity contribution in [3.63, 3.8) is 0 Å². The molecule has 0 spiro atoms. The average molecular weight is 632 g/mol. The highest BCUT2D eigenvalue weighted by Crippen LogP contribution is 2.44. The minimum atomic E-state index is -1.16. The number of esters is 1. The van der Waals surface area contributed by atoms with E-state index in [1.54, 1.807) is 39.0 Å². The van der Waals surface area contributed by atoms with Gasteiger partial charge in [-0.15, -0.1) is 13.2 Å². The summed E-state index contributed by atoms with van der Waals surface area (Å²) in [6.45, 7) is 12.6. The molecular weight excluding hydrogens is 596 g/mol. The van der Waals surface area contributed by atoms with Crippen LogP contribution in [-0.2, 0) is 25.5 Å². The Morgan fingerprint density at radius 2 is 1.62 bits per heavy atom. The maximum absolute atomic E-state index is 13.9. The quantitative estimate of drug-likeness (QED) is 0.194. The van der Waals surface area contributed by atoms with Crippen LogP contribution in [0.4, 0.5) is 10.5 Å². The first-order valence-corrected chi connectivity index (χ1v) is 14.5. The van der Waals surface area contributed by atoms with E-state index in [0.29, 0.717) is 12.1 Å². The van der Waals surface area contributed by atoms with Crippen LogP contribution in [0.15, 0.2) is 96.5 Å². The van der Waals surface area contributed by atoms with E-state index in [-0.39, 0.29) is 19.1 Å². The Labute approximate surface area is 255 Å². The molecule has 1 aliphatic carbocycles. The molecule has 0 saturated carbocycles. The van der Waals surface area contributed by atoms with Gasteiger partial charge >= 0.3 is 12.1 Å². The standard InChI is InChI=1S/C34H35BrN2O5/c1-6-12-22-19-23(35)17-18-30(22)37(20-31(38)42-34(3,4)5)32(39)29(7-2)36-33(40)41-21-28-26-15-10-8-13-24(26)25-14-9-11-16-27(25)28/h6-11,13-19,28-29H,1-2,12,20-21H2,3-5H3,(H,36,40)/t29-/m0/s1. The number of hydrogen-bond acceptors (Lipinski definition) is 5. The first-order valence-electron chi connectivity index (χ1n) is 13.7. The van der Waals surface area contributed by atoms with Gasteiger partial charge in [0.05, 0.1) is 0 Å². The van der Waals surface area contributed by atoms with Crippen molar-refractivity contribution in [2.45, 2.75) is 44.8 Å². The average Bonchev–Trinajstić information content (AvgIpc) is 3.26. The number of halogens is 1. The van der Waals surface area contributed by atoms with Gasteiger partial charge in [0, 0.05) is 16.1 Å². The summed E-state index contributed by atoms with van der Waals surface area (Å²) < 4.78 is 12.0. The van der Waals surface area contributed by atoms with Crippen molar-refractivity contribution in [3.05, 3.63) is 113 Å². The number of hydrogen-bond donors (Lipinski definition) is 1. The summed E-state index contributed by atoms with van der Waals surface area (Å²) >= 11 is 3.46. The Morgan fingerprint density at radius 3 is 2.19 bits per heavy atom. The van der Waals surface area contributed by atoms with Crippen molar-refractivity contribution in [2.24, 2.45) is 0 Å². The Kier molecular flexibility index (Phi) is 9.68. The predicted octanol–water partition coefficient (Wildman–Crippen LogP) is 6.95. The van der Waals surface area contributed by atoms with Gasteiger partial charge in [0.15, 0.2) is 0 Å². The van der Waals surface area contributed by atoms with E-state index in [9.17, 15) is 14.4 Å². The molecule has 2 amide bonds. The number of amides is 2. The molecule has 218 valence electrons. The molecule has 0 unspecified atom stereocenters. The van der Waals surface area contributed by atoms with Gasteiger partial charge < -0.3 is 14.8 Å². The second kappa shape index (κ2) is 13.2. The van der Waals surface area contributed by atoms with Crippen LogP contribution in [0.2, 0.25) is 0 Å². The van der Waals surface area contributed by atoms with Gasteiger partial charge in [-0.2, -0.15) is 0 Å². The molecule has 8 heteroatoms. The lowest BCUT2D eigenvalue weighted by atomic mass is 9.98. The molecule has 0 radical (unpaired) electrons. The summed E-state index contributed by atoms with van der Waals surface area (Å²) in [6, 6.07) is 20.3. The third kappa shape index (κ3) is 7.18. The SMILES string of the molecule is C=CCc1cc(Br)ccc1N(CC(=O)OC(C)(C)C)C(=O)[C@H](C=C)NC(=O)OCC1c2ccccc2-c2ccccc21. The van der Waals surface area contributed by atoms with Crippen molar-refractivity contribution >= 4 is 39.6 Å². The topological polar surface area (TPSA) is 84.9 Å². The molecule has 0 bridgehead atoms. The molecule has 0 aromatic heterocycles. The van der Waals surface area contributed by atoms with Crippen molar-refractivity contribution in [2.75, 3.05) is 18.1 Å². The molecule has 7 nitrogen and oxygen atoms in total. The highest BCUT2D eigenvalue weighted by molar-refractivity contribution is 9.10. The number of nitrogens with one attached hydrogen (secondary N) is 1. The Morgan fingerprint density at radius 1 is 1.00 bits per heavy atom. The van der Waals surface area contributed by atoms with Crippen molar-refractivity contribution < 1.29 is 23.9 Å². The van der Waals surface area contributed by atoms with Gasteiger partial charge in [0.25, 0.3) is 5.91 Å². The summed E-state index contributed by atoms with van der Waals surface area (Å²) in [5, 5.41) is 2.62. The zero-order valence-electron chi connectivity index (χ0n) is 24.1. The van der Waals surface area contributed by atoms with Crippen LogP contribution in [0.1, 0.15) is 43.4 Å².